The van der Waals surface area contributed by atoms with Crippen LogP contribution in [0.4, 0.5) is 0 Å². The zero-order valence-electron chi connectivity index (χ0n) is 11.7. The van der Waals surface area contributed by atoms with Gasteiger partial charge in [-0.2, -0.15) is 0 Å². The molecular weight excluding hydrogens is 244 g/mol. The van der Waals surface area contributed by atoms with Gasteiger partial charge in [-0.05, 0) is 32.6 Å². The standard InChI is InChI=1S/C14H24N2O3/c1-2-15-13(18)14(7-3-4-8-14)16-12(17)11-5-9-19-10-6-11/h11H,2-10H2,1H3,(H,15,18)(H,16,17). The van der Waals surface area contributed by atoms with Crippen LogP contribution < -0.4 is 10.6 Å². The fraction of sp³-hybridized carbons (Fsp3) is 0.857. The number of rotatable bonds is 4. The average molecular weight is 268 g/mol. The summed E-state index contributed by atoms with van der Waals surface area (Å²) in [7, 11) is 0. The first-order valence-corrected chi connectivity index (χ1v) is 7.36. The molecule has 0 aromatic carbocycles. The third-order valence-electron chi connectivity index (χ3n) is 4.18. The summed E-state index contributed by atoms with van der Waals surface area (Å²) in [5.41, 5.74) is -0.661. The van der Waals surface area contributed by atoms with Gasteiger partial charge >= 0.3 is 0 Å². The smallest absolute Gasteiger partial charge is 0.245 e. The van der Waals surface area contributed by atoms with Crippen molar-refractivity contribution in [1.82, 2.24) is 10.6 Å². The highest BCUT2D eigenvalue weighted by Gasteiger charge is 2.43. The third kappa shape index (κ3) is 3.26. The minimum Gasteiger partial charge on any atom is -0.381 e. The van der Waals surface area contributed by atoms with E-state index in [1.807, 2.05) is 6.92 Å². The van der Waals surface area contributed by atoms with E-state index in [1.54, 1.807) is 0 Å². The van der Waals surface area contributed by atoms with Crippen LogP contribution in [0.2, 0.25) is 0 Å². The average Bonchev–Trinajstić information content (AvgIpc) is 2.90. The van der Waals surface area contributed by atoms with Gasteiger partial charge in [0.1, 0.15) is 5.54 Å². The molecule has 2 aliphatic rings. The second-order valence-electron chi connectivity index (χ2n) is 5.52. The van der Waals surface area contributed by atoms with Crippen molar-refractivity contribution in [3.05, 3.63) is 0 Å². The molecule has 2 N–H and O–H groups in total. The van der Waals surface area contributed by atoms with Crippen LogP contribution in [0, 0.1) is 5.92 Å². The fourth-order valence-corrected chi connectivity index (χ4v) is 3.01. The number of likely N-dealkylation sites (N-methyl/N-ethyl adjacent to an activating group) is 1. The van der Waals surface area contributed by atoms with Crippen molar-refractivity contribution in [2.45, 2.75) is 51.0 Å². The summed E-state index contributed by atoms with van der Waals surface area (Å²) in [5, 5.41) is 5.90. The van der Waals surface area contributed by atoms with Gasteiger partial charge in [0.05, 0.1) is 0 Å². The summed E-state index contributed by atoms with van der Waals surface area (Å²) >= 11 is 0. The Morgan fingerprint density at radius 1 is 1.21 bits per heavy atom. The minimum atomic E-state index is -0.661. The van der Waals surface area contributed by atoms with Crippen molar-refractivity contribution in [3.8, 4) is 0 Å². The van der Waals surface area contributed by atoms with Crippen LogP contribution in [0.5, 0.6) is 0 Å². The number of ether oxygens (including phenoxy) is 1. The molecular formula is C14H24N2O3. The molecule has 2 fully saturated rings. The number of carbonyl (C=O) groups excluding carboxylic acids is 2. The molecule has 0 unspecified atom stereocenters. The normalized spacial score (nSPS) is 23.0. The predicted octanol–water partition coefficient (Wildman–Crippen LogP) is 0.978. The van der Waals surface area contributed by atoms with Gasteiger partial charge in [-0.25, -0.2) is 0 Å². The maximum Gasteiger partial charge on any atom is 0.245 e. The minimum absolute atomic E-state index is 0.000603. The van der Waals surface area contributed by atoms with Gasteiger partial charge in [-0.1, -0.05) is 12.8 Å². The van der Waals surface area contributed by atoms with Gasteiger partial charge < -0.3 is 15.4 Å². The SMILES string of the molecule is CCNC(=O)C1(NC(=O)C2CCOCC2)CCCC1. The highest BCUT2D eigenvalue weighted by molar-refractivity contribution is 5.92. The van der Waals surface area contributed by atoms with Gasteiger partial charge in [0, 0.05) is 25.7 Å². The monoisotopic (exact) mass is 268 g/mol. The summed E-state index contributed by atoms with van der Waals surface area (Å²) < 4.78 is 5.27. The van der Waals surface area contributed by atoms with Gasteiger partial charge in [-0.3, -0.25) is 9.59 Å². The van der Waals surface area contributed by atoms with Crippen molar-refractivity contribution in [1.29, 1.82) is 0 Å². The first-order valence-electron chi connectivity index (χ1n) is 7.36. The maximum atomic E-state index is 12.3. The van der Waals surface area contributed by atoms with Gasteiger partial charge in [0.2, 0.25) is 11.8 Å². The molecule has 0 spiro atoms. The number of hydrogen-bond donors (Lipinski definition) is 2. The zero-order chi connectivity index (χ0) is 13.7. The van der Waals surface area contributed by atoms with Gasteiger partial charge in [0.15, 0.2) is 0 Å². The molecule has 1 heterocycles. The van der Waals surface area contributed by atoms with Gasteiger partial charge in [0.25, 0.3) is 0 Å². The summed E-state index contributed by atoms with van der Waals surface area (Å²) in [4.78, 5) is 24.6. The molecule has 5 heteroatoms. The Balaban J connectivity index is 1.99. The number of hydrogen-bond acceptors (Lipinski definition) is 3. The Hall–Kier alpha value is -1.10. The molecule has 19 heavy (non-hydrogen) atoms. The quantitative estimate of drug-likeness (QED) is 0.798. The molecule has 0 aromatic rings. The Labute approximate surface area is 114 Å². The van der Waals surface area contributed by atoms with E-state index in [9.17, 15) is 9.59 Å². The van der Waals surface area contributed by atoms with Crippen LogP contribution in [0.3, 0.4) is 0 Å². The molecule has 2 rings (SSSR count). The second kappa shape index (κ2) is 6.37. The van der Waals surface area contributed by atoms with Crippen LogP contribution in [0.1, 0.15) is 45.4 Å². The Morgan fingerprint density at radius 2 is 1.84 bits per heavy atom. The van der Waals surface area contributed by atoms with Crippen molar-refractivity contribution in [3.63, 3.8) is 0 Å². The molecule has 1 aliphatic heterocycles. The highest BCUT2D eigenvalue weighted by Crippen LogP contribution is 2.31. The van der Waals surface area contributed by atoms with Crippen molar-refractivity contribution < 1.29 is 14.3 Å². The van der Waals surface area contributed by atoms with E-state index < -0.39 is 5.54 Å². The Kier molecular flexibility index (Phi) is 4.80. The second-order valence-corrected chi connectivity index (χ2v) is 5.52. The van der Waals surface area contributed by atoms with E-state index >= 15 is 0 Å². The molecule has 0 bridgehead atoms. The summed E-state index contributed by atoms with van der Waals surface area (Å²) in [6.45, 7) is 3.80. The Morgan fingerprint density at radius 3 is 2.42 bits per heavy atom. The summed E-state index contributed by atoms with van der Waals surface area (Å²) in [6.07, 6.45) is 5.05. The number of amides is 2. The zero-order valence-corrected chi connectivity index (χ0v) is 11.7. The number of nitrogens with one attached hydrogen (secondary N) is 2. The van der Waals surface area contributed by atoms with Crippen LogP contribution in [-0.2, 0) is 14.3 Å². The molecule has 0 aromatic heterocycles. The molecule has 0 atom stereocenters. The van der Waals surface area contributed by atoms with Crippen molar-refractivity contribution in [2.24, 2.45) is 5.92 Å². The van der Waals surface area contributed by atoms with Crippen molar-refractivity contribution >= 4 is 11.8 Å². The first kappa shape index (κ1) is 14.3. The lowest BCUT2D eigenvalue weighted by Gasteiger charge is -2.31. The van der Waals surface area contributed by atoms with Crippen LogP contribution in [0.15, 0.2) is 0 Å². The van der Waals surface area contributed by atoms with E-state index in [1.165, 1.54) is 0 Å². The maximum absolute atomic E-state index is 12.3. The number of carbonyl (C=O) groups is 2. The first-order chi connectivity index (χ1) is 9.18. The largest absolute Gasteiger partial charge is 0.381 e. The molecule has 2 amide bonds. The lowest BCUT2D eigenvalue weighted by Crippen LogP contribution is -2.58. The lowest BCUT2D eigenvalue weighted by molar-refractivity contribution is -0.136. The van der Waals surface area contributed by atoms with E-state index in [0.29, 0.717) is 19.8 Å². The van der Waals surface area contributed by atoms with E-state index in [-0.39, 0.29) is 17.7 Å². The van der Waals surface area contributed by atoms with Crippen LogP contribution >= 0.6 is 0 Å². The third-order valence-corrected chi connectivity index (χ3v) is 4.18. The Bertz CT molecular complexity index is 332. The fourth-order valence-electron chi connectivity index (χ4n) is 3.01. The molecule has 1 aliphatic carbocycles. The lowest BCUT2D eigenvalue weighted by atomic mass is 9.92. The van der Waals surface area contributed by atoms with Crippen LogP contribution in [-0.4, -0.2) is 37.1 Å². The topological polar surface area (TPSA) is 67.4 Å². The molecule has 108 valence electrons. The van der Waals surface area contributed by atoms with E-state index in [4.69, 9.17) is 4.74 Å². The summed E-state index contributed by atoms with van der Waals surface area (Å²) in [6, 6.07) is 0. The van der Waals surface area contributed by atoms with Crippen LogP contribution in [0.25, 0.3) is 0 Å². The predicted molar refractivity (Wildman–Crippen MR) is 71.6 cm³/mol. The molecule has 5 nitrogen and oxygen atoms in total. The summed E-state index contributed by atoms with van der Waals surface area (Å²) in [5.74, 6) is 0.00464. The molecule has 0 radical (unpaired) electrons. The highest BCUT2D eigenvalue weighted by atomic mass is 16.5. The van der Waals surface area contributed by atoms with E-state index in [0.717, 1.165) is 38.5 Å². The van der Waals surface area contributed by atoms with Gasteiger partial charge in [-0.15, -0.1) is 0 Å². The molecule has 1 saturated heterocycles. The molecule has 1 saturated carbocycles. The van der Waals surface area contributed by atoms with Crippen molar-refractivity contribution in [2.75, 3.05) is 19.8 Å². The van der Waals surface area contributed by atoms with E-state index in [2.05, 4.69) is 10.6 Å².